The van der Waals surface area contributed by atoms with Crippen molar-refractivity contribution in [2.45, 2.75) is 64.1 Å². The van der Waals surface area contributed by atoms with Crippen LogP contribution in [0.5, 0.6) is 0 Å². The summed E-state index contributed by atoms with van der Waals surface area (Å²) >= 11 is 12.4. The number of carbonyl (C=O) groups excluding carboxylic acids is 1. The minimum absolute atomic E-state index is 0.218. The summed E-state index contributed by atoms with van der Waals surface area (Å²) in [4.78, 5) is 27.3. The molecule has 0 aliphatic carbocycles. The van der Waals surface area contributed by atoms with E-state index < -0.39 is 29.6 Å². The van der Waals surface area contributed by atoms with E-state index in [2.05, 4.69) is 0 Å². The average molecular weight is 478 g/mol. The molecule has 2 aromatic carbocycles. The third-order valence-electron chi connectivity index (χ3n) is 6.46. The number of hydrogen-bond donors (Lipinski definition) is 2. The topological polar surface area (TPSA) is 77.8 Å². The summed E-state index contributed by atoms with van der Waals surface area (Å²) < 4.78 is 0. The molecule has 5 atom stereocenters. The Labute approximate surface area is 199 Å². The van der Waals surface area contributed by atoms with Gasteiger partial charge < -0.3 is 15.1 Å². The minimum atomic E-state index is -1.12. The quantitative estimate of drug-likeness (QED) is 0.536. The van der Waals surface area contributed by atoms with Gasteiger partial charge in [0.25, 0.3) is 0 Å². The molecule has 32 heavy (non-hydrogen) atoms. The van der Waals surface area contributed by atoms with E-state index in [9.17, 15) is 19.8 Å². The Balaban J connectivity index is 2.25. The standard InChI is InChI=1S/C25H29Cl2NO4/c1-4-21(15(2)29)28-23(16-8-10-18(26)11-9-16)20(17-6-5-7-19(27)12-17)13-25(3,24(28)32)14-22(30)31/h5-12,15,20-21,23,29H,4,13-14H2,1-3H3,(H,30,31)/t15?,20-,21-,23?,25-/m1/s1. The number of aliphatic hydroxyl groups excluding tert-OH is 1. The monoisotopic (exact) mass is 477 g/mol. The number of halogens is 2. The summed E-state index contributed by atoms with van der Waals surface area (Å²) in [7, 11) is 0. The molecule has 1 heterocycles. The van der Waals surface area contributed by atoms with Crippen LogP contribution in [0.3, 0.4) is 0 Å². The van der Waals surface area contributed by atoms with Gasteiger partial charge in [-0.2, -0.15) is 0 Å². The van der Waals surface area contributed by atoms with E-state index in [1.54, 1.807) is 36.9 Å². The van der Waals surface area contributed by atoms with Crippen LogP contribution in [0, 0.1) is 5.41 Å². The summed E-state index contributed by atoms with van der Waals surface area (Å²) in [6.07, 6.45) is -0.202. The Morgan fingerprint density at radius 3 is 2.34 bits per heavy atom. The third-order valence-corrected chi connectivity index (χ3v) is 6.95. The van der Waals surface area contributed by atoms with Gasteiger partial charge in [-0.3, -0.25) is 9.59 Å². The third kappa shape index (κ3) is 4.95. The molecule has 3 rings (SSSR count). The first kappa shape index (κ1) is 24.6. The largest absolute Gasteiger partial charge is 0.481 e. The van der Waals surface area contributed by atoms with Gasteiger partial charge in [0.1, 0.15) is 0 Å². The highest BCUT2D eigenvalue weighted by Crippen LogP contribution is 2.52. The van der Waals surface area contributed by atoms with E-state index in [0.29, 0.717) is 22.9 Å². The van der Waals surface area contributed by atoms with Crippen molar-refractivity contribution >= 4 is 35.1 Å². The van der Waals surface area contributed by atoms with E-state index in [1.807, 2.05) is 37.3 Å². The van der Waals surface area contributed by atoms with Crippen molar-refractivity contribution in [3.05, 3.63) is 69.7 Å². The highest BCUT2D eigenvalue weighted by molar-refractivity contribution is 6.30. The molecule has 0 radical (unpaired) electrons. The normalized spacial score (nSPS) is 25.4. The molecule has 5 nitrogen and oxygen atoms in total. The molecule has 2 N–H and O–H groups in total. The molecule has 1 saturated heterocycles. The van der Waals surface area contributed by atoms with E-state index >= 15 is 0 Å². The molecule has 172 valence electrons. The lowest BCUT2D eigenvalue weighted by Gasteiger charge is -2.52. The molecule has 2 unspecified atom stereocenters. The Kier molecular flexibility index (Phi) is 7.53. The highest BCUT2D eigenvalue weighted by atomic mass is 35.5. The fourth-order valence-corrected chi connectivity index (χ4v) is 5.34. The number of aliphatic hydroxyl groups is 1. The summed E-state index contributed by atoms with van der Waals surface area (Å²) in [5, 5.41) is 21.3. The maximum absolute atomic E-state index is 13.9. The minimum Gasteiger partial charge on any atom is -0.481 e. The second-order valence-electron chi connectivity index (χ2n) is 8.92. The van der Waals surface area contributed by atoms with Crippen molar-refractivity contribution in [3.63, 3.8) is 0 Å². The van der Waals surface area contributed by atoms with Gasteiger partial charge in [-0.1, -0.05) is 61.3 Å². The highest BCUT2D eigenvalue weighted by Gasteiger charge is 2.52. The van der Waals surface area contributed by atoms with Crippen molar-refractivity contribution in [1.29, 1.82) is 0 Å². The number of amides is 1. The lowest BCUT2D eigenvalue weighted by Crippen LogP contribution is -2.58. The van der Waals surface area contributed by atoms with E-state index in [-0.39, 0.29) is 18.2 Å². The molecule has 1 amide bonds. The SMILES string of the molecule is CC[C@H](C(C)O)N1C(=O)[C@@](C)(CC(=O)O)C[C@H](c2cccc(Cl)c2)C1c1ccc(Cl)cc1. The van der Waals surface area contributed by atoms with Gasteiger partial charge in [0.05, 0.1) is 30.0 Å². The van der Waals surface area contributed by atoms with Crippen molar-refractivity contribution in [3.8, 4) is 0 Å². The first-order valence-corrected chi connectivity index (χ1v) is 11.6. The summed E-state index contributed by atoms with van der Waals surface area (Å²) in [6.45, 7) is 5.29. The van der Waals surface area contributed by atoms with Gasteiger partial charge in [0, 0.05) is 16.0 Å². The number of carbonyl (C=O) groups is 2. The molecule has 0 saturated carbocycles. The Hall–Kier alpha value is -2.08. The molecule has 0 bridgehead atoms. The second kappa shape index (κ2) is 9.82. The molecule has 1 aliphatic rings. The Bertz CT molecular complexity index is 978. The van der Waals surface area contributed by atoms with Crippen LogP contribution in [0.15, 0.2) is 48.5 Å². The number of carboxylic acids is 1. The number of benzene rings is 2. The van der Waals surface area contributed by atoms with Gasteiger partial charge in [-0.05, 0) is 55.2 Å². The van der Waals surface area contributed by atoms with E-state index in [4.69, 9.17) is 23.2 Å². The van der Waals surface area contributed by atoms with Crippen LogP contribution in [0.2, 0.25) is 10.0 Å². The van der Waals surface area contributed by atoms with Crippen LogP contribution < -0.4 is 0 Å². The zero-order valence-corrected chi connectivity index (χ0v) is 20.0. The Morgan fingerprint density at radius 1 is 1.16 bits per heavy atom. The summed E-state index contributed by atoms with van der Waals surface area (Å²) in [6, 6.07) is 13.9. The van der Waals surface area contributed by atoms with Crippen LogP contribution in [-0.4, -0.2) is 39.1 Å². The van der Waals surface area contributed by atoms with Gasteiger partial charge in [-0.25, -0.2) is 0 Å². The van der Waals surface area contributed by atoms with Crippen LogP contribution in [0.1, 0.15) is 63.1 Å². The fraction of sp³-hybridized carbons (Fsp3) is 0.440. The smallest absolute Gasteiger partial charge is 0.304 e. The number of hydrogen-bond acceptors (Lipinski definition) is 3. The zero-order chi connectivity index (χ0) is 23.6. The average Bonchev–Trinajstić information content (AvgIpc) is 2.71. The van der Waals surface area contributed by atoms with Crippen molar-refractivity contribution in [2.24, 2.45) is 5.41 Å². The summed E-state index contributed by atoms with van der Waals surface area (Å²) in [5.41, 5.74) is 0.681. The lowest BCUT2D eigenvalue weighted by atomic mass is 9.67. The maximum Gasteiger partial charge on any atom is 0.304 e. The first-order chi connectivity index (χ1) is 15.1. The van der Waals surface area contributed by atoms with Crippen molar-refractivity contribution in [2.75, 3.05) is 0 Å². The van der Waals surface area contributed by atoms with Crippen LogP contribution in [0.4, 0.5) is 0 Å². The maximum atomic E-state index is 13.9. The molecule has 1 fully saturated rings. The second-order valence-corrected chi connectivity index (χ2v) is 9.79. The lowest BCUT2D eigenvalue weighted by molar-refractivity contribution is -0.163. The molecule has 2 aromatic rings. The van der Waals surface area contributed by atoms with E-state index in [1.165, 1.54) is 0 Å². The number of nitrogens with zero attached hydrogens (tertiary/aromatic N) is 1. The van der Waals surface area contributed by atoms with Gasteiger partial charge in [-0.15, -0.1) is 0 Å². The zero-order valence-electron chi connectivity index (χ0n) is 18.5. The van der Waals surface area contributed by atoms with Crippen molar-refractivity contribution in [1.82, 2.24) is 4.90 Å². The first-order valence-electron chi connectivity index (χ1n) is 10.8. The van der Waals surface area contributed by atoms with Crippen LogP contribution >= 0.6 is 23.2 Å². The number of aliphatic carboxylic acids is 1. The number of piperidine rings is 1. The molecule has 0 spiro atoms. The van der Waals surface area contributed by atoms with Gasteiger partial charge >= 0.3 is 5.97 Å². The number of carboxylic acid groups (broad SMARTS) is 1. The van der Waals surface area contributed by atoms with Crippen LogP contribution in [-0.2, 0) is 9.59 Å². The molecule has 0 aromatic heterocycles. The molecular formula is C25H29Cl2NO4. The van der Waals surface area contributed by atoms with Gasteiger partial charge in [0.15, 0.2) is 0 Å². The molecular weight excluding hydrogens is 449 g/mol. The fourth-order valence-electron chi connectivity index (χ4n) is 5.02. The number of rotatable bonds is 7. The number of likely N-dealkylation sites (tertiary alicyclic amines) is 1. The molecule has 7 heteroatoms. The van der Waals surface area contributed by atoms with Crippen molar-refractivity contribution < 1.29 is 19.8 Å². The predicted molar refractivity (Wildman–Crippen MR) is 126 cm³/mol. The van der Waals surface area contributed by atoms with E-state index in [0.717, 1.165) is 11.1 Å². The predicted octanol–water partition coefficient (Wildman–Crippen LogP) is 5.69. The summed E-state index contributed by atoms with van der Waals surface area (Å²) in [5.74, 6) is -1.50. The molecule has 1 aliphatic heterocycles. The van der Waals surface area contributed by atoms with Gasteiger partial charge in [0.2, 0.25) is 5.91 Å². The Morgan fingerprint density at radius 2 is 1.81 bits per heavy atom. The van der Waals surface area contributed by atoms with Crippen LogP contribution in [0.25, 0.3) is 0 Å².